The number of nitrogens with one attached hydrogen (secondary N) is 1. The van der Waals surface area contributed by atoms with Gasteiger partial charge in [-0.15, -0.1) is 24.9 Å². The van der Waals surface area contributed by atoms with Gasteiger partial charge in [0.2, 0.25) is 0 Å². The molecule has 0 bridgehead atoms. The summed E-state index contributed by atoms with van der Waals surface area (Å²) in [5.41, 5.74) is 0.817. The molecule has 0 radical (unpaired) electrons. The Kier molecular flexibility index (Phi) is 4.07. The number of rotatable bonds is 3. The second-order valence-electron chi connectivity index (χ2n) is 4.11. The number of alkyl halides is 3. The van der Waals surface area contributed by atoms with E-state index in [-0.39, 0.29) is 11.1 Å². The van der Waals surface area contributed by atoms with Crippen molar-refractivity contribution in [3.8, 4) is 5.75 Å². The van der Waals surface area contributed by atoms with Crippen LogP contribution in [-0.2, 0) is 0 Å². The van der Waals surface area contributed by atoms with Gasteiger partial charge < -0.3 is 4.74 Å². The van der Waals surface area contributed by atoms with Crippen LogP contribution in [0.2, 0.25) is 0 Å². The number of benzene rings is 1. The Morgan fingerprint density at radius 1 is 1.44 bits per heavy atom. The van der Waals surface area contributed by atoms with E-state index in [1.54, 1.807) is 17.8 Å². The van der Waals surface area contributed by atoms with Crippen LogP contribution in [0.5, 0.6) is 5.75 Å². The first kappa shape index (κ1) is 13.5. The van der Waals surface area contributed by atoms with Crippen LogP contribution in [0.25, 0.3) is 0 Å². The average molecular weight is 277 g/mol. The highest BCUT2D eigenvalue weighted by Gasteiger charge is 2.31. The highest BCUT2D eigenvalue weighted by atomic mass is 32.2. The van der Waals surface area contributed by atoms with Gasteiger partial charge in [0.25, 0.3) is 0 Å². The van der Waals surface area contributed by atoms with Crippen molar-refractivity contribution in [2.75, 3.05) is 5.75 Å². The molecule has 0 aromatic heterocycles. The largest absolute Gasteiger partial charge is 0.573 e. The van der Waals surface area contributed by atoms with Crippen molar-refractivity contribution in [2.45, 2.75) is 31.1 Å². The van der Waals surface area contributed by atoms with Gasteiger partial charge in [-0.25, -0.2) is 0 Å². The first-order valence-electron chi connectivity index (χ1n) is 5.71. The van der Waals surface area contributed by atoms with Crippen molar-refractivity contribution >= 4 is 11.8 Å². The van der Waals surface area contributed by atoms with Gasteiger partial charge >= 0.3 is 6.36 Å². The number of halogens is 3. The summed E-state index contributed by atoms with van der Waals surface area (Å²) in [6.45, 7) is 2.09. The molecule has 1 aliphatic heterocycles. The summed E-state index contributed by atoms with van der Waals surface area (Å²) < 4.78 is 40.3. The van der Waals surface area contributed by atoms with Crippen molar-refractivity contribution in [2.24, 2.45) is 0 Å². The van der Waals surface area contributed by atoms with E-state index in [9.17, 15) is 13.2 Å². The second-order valence-corrected chi connectivity index (χ2v) is 5.24. The lowest BCUT2D eigenvalue weighted by molar-refractivity contribution is -0.274. The molecule has 2 unspecified atom stereocenters. The number of thioether (sulfide) groups is 1. The SMILES string of the molecule is CCC1CSC(c2cccc(OC(F)(F)F)c2)N1. The molecule has 1 aromatic carbocycles. The minimum atomic E-state index is -4.64. The van der Waals surface area contributed by atoms with Crippen LogP contribution in [0.1, 0.15) is 24.3 Å². The first-order valence-corrected chi connectivity index (χ1v) is 6.76. The van der Waals surface area contributed by atoms with E-state index < -0.39 is 6.36 Å². The molecule has 18 heavy (non-hydrogen) atoms. The van der Waals surface area contributed by atoms with E-state index in [2.05, 4.69) is 17.0 Å². The number of ether oxygens (including phenoxy) is 1. The molecule has 100 valence electrons. The van der Waals surface area contributed by atoms with Gasteiger partial charge in [-0.3, -0.25) is 5.32 Å². The Labute approximate surface area is 108 Å². The lowest BCUT2D eigenvalue weighted by atomic mass is 10.2. The summed E-state index contributed by atoms with van der Waals surface area (Å²) in [5.74, 6) is 0.813. The minimum absolute atomic E-state index is 0.0479. The molecule has 1 fully saturated rings. The van der Waals surface area contributed by atoms with E-state index in [1.807, 2.05) is 6.07 Å². The average Bonchev–Trinajstić information content (AvgIpc) is 2.75. The maximum atomic E-state index is 12.1. The van der Waals surface area contributed by atoms with Crippen molar-refractivity contribution in [1.29, 1.82) is 0 Å². The maximum absolute atomic E-state index is 12.1. The van der Waals surface area contributed by atoms with E-state index in [1.165, 1.54) is 12.1 Å². The Morgan fingerprint density at radius 2 is 2.22 bits per heavy atom. The molecule has 1 aromatic rings. The molecule has 1 heterocycles. The van der Waals surface area contributed by atoms with Gasteiger partial charge in [0.15, 0.2) is 0 Å². The van der Waals surface area contributed by atoms with Gasteiger partial charge in [-0.05, 0) is 24.1 Å². The molecule has 1 saturated heterocycles. The molecule has 2 nitrogen and oxygen atoms in total. The van der Waals surface area contributed by atoms with Crippen LogP contribution in [0.15, 0.2) is 24.3 Å². The predicted octanol–water partition coefficient (Wildman–Crippen LogP) is 3.70. The van der Waals surface area contributed by atoms with Gasteiger partial charge in [-0.2, -0.15) is 0 Å². The van der Waals surface area contributed by atoms with E-state index >= 15 is 0 Å². The second kappa shape index (κ2) is 5.40. The quantitative estimate of drug-likeness (QED) is 0.910. The minimum Gasteiger partial charge on any atom is -0.406 e. The van der Waals surface area contributed by atoms with Crippen LogP contribution >= 0.6 is 11.8 Å². The summed E-state index contributed by atoms with van der Waals surface area (Å²) >= 11 is 1.71. The van der Waals surface area contributed by atoms with E-state index in [4.69, 9.17) is 0 Å². The fourth-order valence-corrected chi connectivity index (χ4v) is 3.21. The monoisotopic (exact) mass is 277 g/mol. The molecule has 0 spiro atoms. The lowest BCUT2D eigenvalue weighted by Crippen LogP contribution is -2.24. The maximum Gasteiger partial charge on any atom is 0.573 e. The molecule has 1 N–H and O–H groups in total. The molecule has 6 heteroatoms. The van der Waals surface area contributed by atoms with Gasteiger partial charge in [0.05, 0.1) is 5.37 Å². The molecule has 0 amide bonds. The van der Waals surface area contributed by atoms with Gasteiger partial charge in [0, 0.05) is 11.8 Å². The summed E-state index contributed by atoms with van der Waals surface area (Å²) in [6, 6.07) is 6.57. The zero-order chi connectivity index (χ0) is 13.2. The Balaban J connectivity index is 2.08. The van der Waals surface area contributed by atoms with Crippen molar-refractivity contribution in [3.05, 3.63) is 29.8 Å². The van der Waals surface area contributed by atoms with Crippen LogP contribution < -0.4 is 10.1 Å². The normalized spacial score (nSPS) is 24.2. The highest BCUT2D eigenvalue weighted by molar-refractivity contribution is 7.99. The fourth-order valence-electron chi connectivity index (χ4n) is 1.83. The number of hydrogen-bond donors (Lipinski definition) is 1. The van der Waals surface area contributed by atoms with E-state index in [0.29, 0.717) is 6.04 Å². The highest BCUT2D eigenvalue weighted by Crippen LogP contribution is 2.35. The molecule has 2 rings (SSSR count). The summed E-state index contributed by atoms with van der Waals surface area (Å²) in [4.78, 5) is 0. The van der Waals surface area contributed by atoms with Crippen LogP contribution in [0.3, 0.4) is 0 Å². The topological polar surface area (TPSA) is 21.3 Å². The third-order valence-electron chi connectivity index (χ3n) is 2.74. The first-order chi connectivity index (χ1) is 8.48. The zero-order valence-electron chi connectivity index (χ0n) is 9.83. The lowest BCUT2D eigenvalue weighted by Gasteiger charge is -2.14. The number of hydrogen-bond acceptors (Lipinski definition) is 3. The molecule has 1 aliphatic rings. The van der Waals surface area contributed by atoms with Crippen LogP contribution in [-0.4, -0.2) is 18.2 Å². The van der Waals surface area contributed by atoms with Crippen LogP contribution in [0, 0.1) is 0 Å². The Morgan fingerprint density at radius 3 is 2.83 bits per heavy atom. The molecule has 2 atom stereocenters. The third-order valence-corrected chi connectivity index (χ3v) is 4.07. The molecular formula is C12H14F3NOS. The van der Waals surface area contributed by atoms with Gasteiger partial charge in [0.1, 0.15) is 5.75 Å². The van der Waals surface area contributed by atoms with Crippen molar-refractivity contribution < 1.29 is 17.9 Å². The summed E-state index contributed by atoms with van der Waals surface area (Å²) in [7, 11) is 0. The molecular weight excluding hydrogens is 263 g/mol. The third kappa shape index (κ3) is 3.55. The summed E-state index contributed by atoms with van der Waals surface area (Å²) in [5, 5.41) is 3.42. The Hall–Kier alpha value is -0.880. The predicted molar refractivity (Wildman–Crippen MR) is 65.5 cm³/mol. The molecule has 0 aliphatic carbocycles. The fraction of sp³-hybridized carbons (Fsp3) is 0.500. The standard InChI is InChI=1S/C12H14F3NOS/c1-2-9-7-18-11(16-9)8-4-3-5-10(6-8)17-12(13,14)15/h3-6,9,11,16H,2,7H2,1H3. The Bertz CT molecular complexity index is 411. The van der Waals surface area contributed by atoms with Gasteiger partial charge in [-0.1, -0.05) is 19.1 Å². The van der Waals surface area contributed by atoms with E-state index in [0.717, 1.165) is 17.7 Å². The smallest absolute Gasteiger partial charge is 0.406 e. The van der Waals surface area contributed by atoms with Crippen molar-refractivity contribution in [1.82, 2.24) is 5.32 Å². The van der Waals surface area contributed by atoms with Crippen molar-refractivity contribution in [3.63, 3.8) is 0 Å². The van der Waals surface area contributed by atoms with Crippen LogP contribution in [0.4, 0.5) is 13.2 Å². The molecule has 0 saturated carbocycles. The zero-order valence-corrected chi connectivity index (χ0v) is 10.6. The summed E-state index contributed by atoms with van der Waals surface area (Å²) in [6.07, 6.45) is -3.62.